The van der Waals surface area contributed by atoms with Gasteiger partial charge in [0.2, 0.25) is 5.91 Å². The number of ketones is 1. The smallest absolute Gasteiger partial charge is 0.249 e. The van der Waals surface area contributed by atoms with Gasteiger partial charge in [0.05, 0.1) is 9.09 Å². The van der Waals surface area contributed by atoms with Gasteiger partial charge in [-0.15, -0.1) is 23.1 Å². The first-order valence-corrected chi connectivity index (χ1v) is 13.6. The Kier molecular flexibility index (Phi) is 5.89. The lowest BCUT2D eigenvalue weighted by Crippen LogP contribution is -2.26. The summed E-state index contributed by atoms with van der Waals surface area (Å²) in [7, 11) is 0. The largest absolute Gasteiger partial charge is 0.294 e. The lowest BCUT2D eigenvalue weighted by molar-refractivity contribution is 0.0784. The molecule has 6 heteroatoms. The first kappa shape index (κ1) is 21.4. The molecule has 4 nitrogen and oxygen atoms in total. The third kappa shape index (κ3) is 4.30. The zero-order valence-electron chi connectivity index (χ0n) is 18.6. The number of hydrogen-bond donors (Lipinski definition) is 0. The molecule has 2 fully saturated rings. The van der Waals surface area contributed by atoms with Crippen LogP contribution in [0.2, 0.25) is 0 Å². The first-order valence-electron chi connectivity index (χ1n) is 11.9. The Labute approximate surface area is 193 Å². The zero-order valence-corrected chi connectivity index (χ0v) is 20.2. The number of Topliss-reactive ketones (excluding diaryl/α,β-unsaturated/α-hetero) is 1. The molecule has 31 heavy (non-hydrogen) atoms. The predicted octanol–water partition coefficient (Wildman–Crippen LogP) is 7.02. The van der Waals surface area contributed by atoms with Crippen molar-refractivity contribution in [3.63, 3.8) is 0 Å². The third-order valence-electron chi connectivity index (χ3n) is 7.13. The molecule has 0 aromatic carbocycles. The van der Waals surface area contributed by atoms with E-state index in [0.29, 0.717) is 11.7 Å². The maximum atomic E-state index is 13.2. The molecule has 0 unspecified atom stereocenters. The molecule has 0 amide bonds. The fourth-order valence-electron chi connectivity index (χ4n) is 5.51. The lowest BCUT2D eigenvalue weighted by Gasteiger charge is -2.29. The number of rotatable bonds is 4. The molecule has 166 valence electrons. The van der Waals surface area contributed by atoms with Crippen LogP contribution in [0.25, 0.3) is 10.6 Å². The number of nitrogens with zero attached hydrogens (tertiary/aromatic N) is 2. The molecule has 2 heterocycles. The van der Waals surface area contributed by atoms with E-state index in [1.807, 2.05) is 24.0 Å². The van der Waals surface area contributed by atoms with Crippen molar-refractivity contribution in [3.05, 3.63) is 23.4 Å². The average Bonchev–Trinajstić information content (AvgIpc) is 3.48. The topological polar surface area (TPSA) is 52.0 Å². The Hall–Kier alpha value is -1.40. The van der Waals surface area contributed by atoms with Gasteiger partial charge in [-0.05, 0) is 49.1 Å². The van der Waals surface area contributed by atoms with Gasteiger partial charge in [-0.2, -0.15) is 5.10 Å². The monoisotopic (exact) mass is 456 g/mol. The van der Waals surface area contributed by atoms with Crippen LogP contribution in [0.15, 0.2) is 16.5 Å². The summed E-state index contributed by atoms with van der Waals surface area (Å²) >= 11 is 3.65. The van der Waals surface area contributed by atoms with Gasteiger partial charge in [-0.1, -0.05) is 46.0 Å². The number of thioether (sulfide) groups is 1. The van der Waals surface area contributed by atoms with Gasteiger partial charge in [-0.3, -0.25) is 9.59 Å². The molecule has 2 aromatic heterocycles. The molecule has 3 aliphatic rings. The van der Waals surface area contributed by atoms with Gasteiger partial charge >= 0.3 is 0 Å². The second-order valence-corrected chi connectivity index (χ2v) is 12.9. The van der Waals surface area contributed by atoms with E-state index in [1.165, 1.54) is 41.9 Å². The molecule has 0 aliphatic heterocycles. The Bertz CT molecular complexity index is 991. The van der Waals surface area contributed by atoms with Crippen molar-refractivity contribution in [1.29, 1.82) is 0 Å². The number of hydrogen-bond acceptors (Lipinski definition) is 5. The zero-order chi connectivity index (χ0) is 21.6. The summed E-state index contributed by atoms with van der Waals surface area (Å²) in [6.07, 6.45) is 13.9. The fourth-order valence-corrected chi connectivity index (χ4v) is 8.62. The van der Waals surface area contributed by atoms with E-state index in [9.17, 15) is 9.59 Å². The molecule has 2 aromatic rings. The summed E-state index contributed by atoms with van der Waals surface area (Å²) in [6.45, 7) is 4.37. The van der Waals surface area contributed by atoms with Crippen LogP contribution >= 0.6 is 23.1 Å². The summed E-state index contributed by atoms with van der Waals surface area (Å²) in [5.74, 6) is 0.521. The van der Waals surface area contributed by atoms with Gasteiger partial charge in [0.25, 0.3) is 0 Å². The Morgan fingerprint density at radius 3 is 2.55 bits per heavy atom. The molecule has 3 aliphatic carbocycles. The summed E-state index contributed by atoms with van der Waals surface area (Å²) in [5.41, 5.74) is 2.95. The summed E-state index contributed by atoms with van der Waals surface area (Å²) in [6, 6.07) is 1.98. The van der Waals surface area contributed by atoms with Crippen molar-refractivity contribution in [3.8, 4) is 10.6 Å². The Balaban J connectivity index is 1.49. The molecule has 0 bridgehead atoms. The minimum Gasteiger partial charge on any atom is -0.294 e. The highest BCUT2D eigenvalue weighted by Crippen LogP contribution is 2.50. The quantitative estimate of drug-likeness (QED) is 0.496. The van der Waals surface area contributed by atoms with E-state index in [-0.39, 0.29) is 23.0 Å². The summed E-state index contributed by atoms with van der Waals surface area (Å²) in [4.78, 5) is 27.2. The van der Waals surface area contributed by atoms with Crippen LogP contribution in [-0.2, 0) is 6.42 Å². The molecular weight excluding hydrogens is 424 g/mol. The minimum atomic E-state index is -0.0321. The van der Waals surface area contributed by atoms with Crippen molar-refractivity contribution in [2.45, 2.75) is 93.9 Å². The molecular formula is C25H32N2O2S2. The van der Waals surface area contributed by atoms with E-state index in [4.69, 9.17) is 5.10 Å². The lowest BCUT2D eigenvalue weighted by atomic mass is 9.74. The average molecular weight is 457 g/mol. The van der Waals surface area contributed by atoms with E-state index < -0.39 is 0 Å². The van der Waals surface area contributed by atoms with Crippen LogP contribution in [0, 0.1) is 11.3 Å². The van der Waals surface area contributed by atoms with Crippen LogP contribution in [0.4, 0.5) is 0 Å². The van der Waals surface area contributed by atoms with Gasteiger partial charge in [0.15, 0.2) is 5.78 Å². The van der Waals surface area contributed by atoms with Gasteiger partial charge in [0, 0.05) is 29.3 Å². The molecule has 0 atom stereocenters. The second-order valence-electron chi connectivity index (χ2n) is 10.4. The standard InChI is InChI=1S/C25H32N2O2S2/c1-25(2)14-18-21(20(28)15-25)24(30-17-10-6-7-11-17)31-22(18)19-12-13-27(26-19)23(29)16-8-4-3-5-9-16/h12-13,16-17H,3-11,14-15H2,1-2H3. The molecule has 0 N–H and O–H groups in total. The van der Waals surface area contributed by atoms with Crippen molar-refractivity contribution in [2.75, 3.05) is 0 Å². The maximum Gasteiger partial charge on any atom is 0.249 e. The van der Waals surface area contributed by atoms with Gasteiger partial charge in [0.1, 0.15) is 5.69 Å². The van der Waals surface area contributed by atoms with E-state index in [1.54, 1.807) is 16.0 Å². The number of carbonyl (C=O) groups excluding carboxylic acids is 2. The summed E-state index contributed by atoms with van der Waals surface area (Å²) < 4.78 is 2.75. The van der Waals surface area contributed by atoms with Crippen LogP contribution in [0.3, 0.4) is 0 Å². The highest BCUT2D eigenvalue weighted by molar-refractivity contribution is 8.01. The van der Waals surface area contributed by atoms with Gasteiger partial charge in [-0.25, -0.2) is 4.68 Å². The molecule has 0 saturated heterocycles. The second kappa shape index (κ2) is 8.51. The minimum absolute atomic E-state index is 0.0321. The molecule has 5 rings (SSSR count). The number of fused-ring (bicyclic) bond motifs is 1. The normalized spacial score (nSPS) is 22.1. The number of carbonyl (C=O) groups is 2. The molecule has 2 saturated carbocycles. The highest BCUT2D eigenvalue weighted by Gasteiger charge is 2.37. The predicted molar refractivity (Wildman–Crippen MR) is 127 cm³/mol. The number of aromatic nitrogens is 2. The maximum absolute atomic E-state index is 13.2. The SMILES string of the molecule is CC1(C)CC(=O)c2c(SC3CCCC3)sc(-c3ccn(C(=O)C4CCCCC4)n3)c2C1. The van der Waals surface area contributed by atoms with Crippen molar-refractivity contribution in [2.24, 2.45) is 11.3 Å². The van der Waals surface area contributed by atoms with Crippen molar-refractivity contribution < 1.29 is 9.59 Å². The van der Waals surface area contributed by atoms with Crippen LogP contribution in [-0.4, -0.2) is 26.7 Å². The van der Waals surface area contributed by atoms with E-state index >= 15 is 0 Å². The van der Waals surface area contributed by atoms with Gasteiger partial charge < -0.3 is 0 Å². The fraction of sp³-hybridized carbons (Fsp3) is 0.640. The van der Waals surface area contributed by atoms with E-state index in [2.05, 4.69) is 13.8 Å². The highest BCUT2D eigenvalue weighted by atomic mass is 32.2. The summed E-state index contributed by atoms with van der Waals surface area (Å²) in [5, 5.41) is 5.37. The van der Waals surface area contributed by atoms with Crippen molar-refractivity contribution >= 4 is 34.8 Å². The third-order valence-corrected chi connectivity index (χ3v) is 9.94. The number of thiophene rings is 1. The molecule has 0 radical (unpaired) electrons. The Morgan fingerprint density at radius 1 is 1.10 bits per heavy atom. The van der Waals surface area contributed by atoms with Crippen LogP contribution in [0.1, 0.15) is 98.8 Å². The molecule has 0 spiro atoms. The van der Waals surface area contributed by atoms with Crippen LogP contribution < -0.4 is 0 Å². The Morgan fingerprint density at radius 2 is 1.81 bits per heavy atom. The first-order chi connectivity index (χ1) is 14.9. The van der Waals surface area contributed by atoms with Crippen LogP contribution in [0.5, 0.6) is 0 Å². The van der Waals surface area contributed by atoms with E-state index in [0.717, 1.165) is 48.2 Å². The van der Waals surface area contributed by atoms with Crippen molar-refractivity contribution in [1.82, 2.24) is 9.78 Å².